The van der Waals surface area contributed by atoms with Crippen molar-refractivity contribution >= 4 is 0 Å². The minimum Gasteiger partial charge on any atom is -0.477 e. The molecule has 0 aliphatic heterocycles. The Morgan fingerprint density at radius 1 is 1.06 bits per heavy atom. The van der Waals surface area contributed by atoms with Crippen LogP contribution in [0, 0.1) is 0 Å². The number of ether oxygens (including phenoxy) is 1. The minimum atomic E-state index is 0.628. The van der Waals surface area contributed by atoms with Gasteiger partial charge >= 0.3 is 0 Å². The van der Waals surface area contributed by atoms with Gasteiger partial charge in [-0.3, -0.25) is 4.98 Å². The molecule has 1 N–H and O–H groups in total. The molecule has 0 radical (unpaired) electrons. The van der Waals surface area contributed by atoms with Gasteiger partial charge in [0.2, 0.25) is 5.88 Å². The smallest absolute Gasteiger partial charge is 0.232 e. The third kappa shape index (κ3) is 6.55. The summed E-state index contributed by atoms with van der Waals surface area (Å²) < 4.78 is 5.55. The maximum atomic E-state index is 5.55. The molecule has 4 nitrogen and oxygen atoms in total. The zero-order valence-electron chi connectivity index (χ0n) is 11.6. The van der Waals surface area contributed by atoms with E-state index in [-0.39, 0.29) is 0 Å². The van der Waals surface area contributed by atoms with Crippen LogP contribution in [-0.4, -0.2) is 23.6 Å². The fourth-order valence-electron chi connectivity index (χ4n) is 1.75. The molecule has 0 unspecified atom stereocenters. The molecule has 0 fully saturated rings. The van der Waals surface area contributed by atoms with Crippen LogP contribution in [0.25, 0.3) is 0 Å². The van der Waals surface area contributed by atoms with Crippen LogP contribution in [0.2, 0.25) is 0 Å². The van der Waals surface area contributed by atoms with E-state index in [4.69, 9.17) is 4.74 Å². The lowest BCUT2D eigenvalue weighted by Crippen LogP contribution is -2.08. The van der Waals surface area contributed by atoms with E-state index < -0.39 is 0 Å². The summed E-state index contributed by atoms with van der Waals surface area (Å²) in [6.45, 7) is 3.72. The Morgan fingerprint density at radius 3 is 2.50 bits per heavy atom. The Balaban J connectivity index is 2.08. The van der Waals surface area contributed by atoms with Crippen LogP contribution in [-0.2, 0) is 6.54 Å². The van der Waals surface area contributed by atoms with Gasteiger partial charge in [-0.05, 0) is 13.5 Å². The highest BCUT2D eigenvalue weighted by atomic mass is 16.5. The summed E-state index contributed by atoms with van der Waals surface area (Å²) in [5.74, 6) is 0.628. The monoisotopic (exact) mass is 251 g/mol. The minimum absolute atomic E-state index is 0.628. The number of hydrogen-bond donors (Lipinski definition) is 1. The molecular weight excluding hydrogens is 226 g/mol. The first kappa shape index (κ1) is 14.9. The predicted octanol–water partition coefficient (Wildman–Crippen LogP) is 2.94. The number of nitrogens with zero attached hydrogens (tertiary/aromatic N) is 2. The Bertz CT molecular complexity index is 300. The number of nitrogens with one attached hydrogen (secondary N) is 1. The van der Waals surface area contributed by atoms with Gasteiger partial charge in [0.25, 0.3) is 0 Å². The molecule has 1 rings (SSSR count). The van der Waals surface area contributed by atoms with E-state index in [1.54, 1.807) is 12.4 Å². The SMILES string of the molecule is CCCCCCCCOc1cnc(CNC)cn1. The van der Waals surface area contributed by atoms with Gasteiger partial charge in [-0.1, -0.05) is 39.0 Å². The van der Waals surface area contributed by atoms with Crippen molar-refractivity contribution in [1.82, 2.24) is 15.3 Å². The molecule has 0 spiro atoms. The Kier molecular flexibility index (Phi) is 8.13. The number of unbranched alkanes of at least 4 members (excludes halogenated alkanes) is 5. The second-order valence-corrected chi connectivity index (χ2v) is 4.49. The maximum absolute atomic E-state index is 5.55. The van der Waals surface area contributed by atoms with Gasteiger partial charge in [0.05, 0.1) is 24.7 Å². The normalized spacial score (nSPS) is 10.6. The summed E-state index contributed by atoms with van der Waals surface area (Å²) in [6, 6.07) is 0. The summed E-state index contributed by atoms with van der Waals surface area (Å²) in [5, 5.41) is 3.04. The van der Waals surface area contributed by atoms with Crippen LogP contribution in [0.3, 0.4) is 0 Å². The first-order valence-corrected chi connectivity index (χ1v) is 6.95. The molecule has 1 aromatic heterocycles. The average molecular weight is 251 g/mol. The highest BCUT2D eigenvalue weighted by Crippen LogP contribution is 2.07. The topological polar surface area (TPSA) is 47.0 Å². The molecule has 1 aromatic rings. The molecule has 0 aliphatic carbocycles. The third-order valence-electron chi connectivity index (χ3n) is 2.79. The molecule has 4 heteroatoms. The van der Waals surface area contributed by atoms with E-state index in [0.29, 0.717) is 5.88 Å². The molecule has 0 saturated heterocycles. The largest absolute Gasteiger partial charge is 0.477 e. The Morgan fingerprint density at radius 2 is 1.83 bits per heavy atom. The third-order valence-corrected chi connectivity index (χ3v) is 2.79. The predicted molar refractivity (Wildman–Crippen MR) is 73.7 cm³/mol. The van der Waals surface area contributed by atoms with Gasteiger partial charge in [0, 0.05) is 6.54 Å². The molecule has 0 aliphatic rings. The zero-order valence-corrected chi connectivity index (χ0v) is 11.6. The van der Waals surface area contributed by atoms with Crippen LogP contribution in [0.15, 0.2) is 12.4 Å². The van der Waals surface area contributed by atoms with Crippen LogP contribution in [0.1, 0.15) is 51.1 Å². The molecule has 102 valence electrons. The molecule has 0 atom stereocenters. The van der Waals surface area contributed by atoms with Gasteiger partial charge in [0.15, 0.2) is 0 Å². The number of aromatic nitrogens is 2. The van der Waals surface area contributed by atoms with Crippen molar-refractivity contribution in [2.75, 3.05) is 13.7 Å². The Hall–Kier alpha value is -1.16. The van der Waals surface area contributed by atoms with E-state index in [2.05, 4.69) is 22.2 Å². The molecule has 0 saturated carbocycles. The molecule has 1 heterocycles. The van der Waals surface area contributed by atoms with Gasteiger partial charge in [-0.15, -0.1) is 0 Å². The van der Waals surface area contributed by atoms with Gasteiger partial charge in [-0.2, -0.15) is 0 Å². The number of hydrogen-bond acceptors (Lipinski definition) is 4. The molecule has 0 aromatic carbocycles. The summed E-state index contributed by atoms with van der Waals surface area (Å²) in [4.78, 5) is 8.48. The lowest BCUT2D eigenvalue weighted by molar-refractivity contribution is 0.291. The molecular formula is C14H25N3O. The zero-order chi connectivity index (χ0) is 13.1. The van der Waals surface area contributed by atoms with Crippen LogP contribution < -0.4 is 10.1 Å². The second-order valence-electron chi connectivity index (χ2n) is 4.49. The lowest BCUT2D eigenvalue weighted by atomic mass is 10.1. The van der Waals surface area contributed by atoms with Crippen LogP contribution >= 0.6 is 0 Å². The highest BCUT2D eigenvalue weighted by Gasteiger charge is 1.98. The Labute approximate surface area is 110 Å². The van der Waals surface area contributed by atoms with E-state index in [1.807, 2.05) is 7.05 Å². The first-order valence-electron chi connectivity index (χ1n) is 6.95. The van der Waals surface area contributed by atoms with Crippen molar-refractivity contribution in [2.45, 2.75) is 52.0 Å². The fraction of sp³-hybridized carbons (Fsp3) is 0.714. The van der Waals surface area contributed by atoms with E-state index in [0.717, 1.165) is 25.3 Å². The van der Waals surface area contributed by atoms with Crippen LogP contribution in [0.4, 0.5) is 0 Å². The lowest BCUT2D eigenvalue weighted by Gasteiger charge is -2.05. The summed E-state index contributed by atoms with van der Waals surface area (Å²) in [5.41, 5.74) is 0.935. The van der Waals surface area contributed by atoms with E-state index >= 15 is 0 Å². The standard InChI is InChI=1S/C14H25N3O/c1-3-4-5-6-7-8-9-18-14-12-16-13(10-15-2)11-17-14/h11-12,15H,3-10H2,1-2H3. The van der Waals surface area contributed by atoms with Crippen molar-refractivity contribution < 1.29 is 4.74 Å². The van der Waals surface area contributed by atoms with Gasteiger partial charge < -0.3 is 10.1 Å². The first-order chi connectivity index (χ1) is 8.86. The molecule has 0 bridgehead atoms. The van der Waals surface area contributed by atoms with Crippen molar-refractivity contribution in [1.29, 1.82) is 0 Å². The molecule has 0 amide bonds. The van der Waals surface area contributed by atoms with E-state index in [9.17, 15) is 0 Å². The van der Waals surface area contributed by atoms with Crippen molar-refractivity contribution in [2.24, 2.45) is 0 Å². The molecule has 18 heavy (non-hydrogen) atoms. The van der Waals surface area contributed by atoms with Crippen molar-refractivity contribution in [3.63, 3.8) is 0 Å². The second kappa shape index (κ2) is 9.83. The average Bonchev–Trinajstić information content (AvgIpc) is 2.40. The quantitative estimate of drug-likeness (QED) is 0.649. The summed E-state index contributed by atoms with van der Waals surface area (Å²) >= 11 is 0. The fourth-order valence-corrected chi connectivity index (χ4v) is 1.75. The highest BCUT2D eigenvalue weighted by molar-refractivity contribution is 5.06. The van der Waals surface area contributed by atoms with Crippen LogP contribution in [0.5, 0.6) is 5.88 Å². The van der Waals surface area contributed by atoms with Gasteiger partial charge in [0.1, 0.15) is 0 Å². The summed E-state index contributed by atoms with van der Waals surface area (Å²) in [6.07, 6.45) is 11.1. The summed E-state index contributed by atoms with van der Waals surface area (Å²) in [7, 11) is 1.89. The maximum Gasteiger partial charge on any atom is 0.232 e. The van der Waals surface area contributed by atoms with Crippen molar-refractivity contribution in [3.05, 3.63) is 18.1 Å². The van der Waals surface area contributed by atoms with Gasteiger partial charge in [-0.25, -0.2) is 4.98 Å². The number of rotatable bonds is 10. The van der Waals surface area contributed by atoms with E-state index in [1.165, 1.54) is 32.1 Å². The van der Waals surface area contributed by atoms with Crippen molar-refractivity contribution in [3.8, 4) is 5.88 Å².